The van der Waals surface area contributed by atoms with Crippen molar-refractivity contribution in [1.82, 2.24) is 0 Å². The summed E-state index contributed by atoms with van der Waals surface area (Å²) in [6.07, 6.45) is 4.51. The Morgan fingerprint density at radius 2 is 2.10 bits per heavy atom. The minimum atomic E-state index is 0.620. The van der Waals surface area contributed by atoms with Crippen LogP contribution in [0.5, 0.6) is 0 Å². The summed E-state index contributed by atoms with van der Waals surface area (Å²) in [5, 5.41) is 0. The summed E-state index contributed by atoms with van der Waals surface area (Å²) in [4.78, 5) is 0. The molecule has 0 rings (SSSR count). The van der Waals surface area contributed by atoms with Gasteiger partial charge in [-0.15, -0.1) is 0 Å². The van der Waals surface area contributed by atoms with Crippen molar-refractivity contribution in [2.24, 2.45) is 11.7 Å². The number of rotatable bonds is 4. The van der Waals surface area contributed by atoms with E-state index in [1.807, 2.05) is 0 Å². The van der Waals surface area contributed by atoms with Crippen LogP contribution >= 0.6 is 0 Å². The van der Waals surface area contributed by atoms with Gasteiger partial charge < -0.3 is 5.73 Å². The first-order valence-electron chi connectivity index (χ1n) is 4.15. The number of hydrogen-bond donors (Lipinski definition) is 1. The molecule has 0 radical (unpaired) electrons. The number of nitrogens with two attached hydrogens (primary N) is 1. The molecule has 1 atom stereocenters. The molecule has 0 aromatic rings. The van der Waals surface area contributed by atoms with Crippen molar-refractivity contribution in [3.05, 3.63) is 11.6 Å². The van der Waals surface area contributed by atoms with Crippen LogP contribution in [0.3, 0.4) is 0 Å². The maximum Gasteiger partial charge on any atom is -0.00116 e. The third-order valence-electron chi connectivity index (χ3n) is 2.08. The molecule has 10 heavy (non-hydrogen) atoms. The van der Waals surface area contributed by atoms with Gasteiger partial charge in [-0.2, -0.15) is 0 Å². The fourth-order valence-corrected chi connectivity index (χ4v) is 1.31. The normalized spacial score (nSPS) is 15.4. The molecule has 0 heterocycles. The summed E-state index contributed by atoms with van der Waals surface area (Å²) in [5.41, 5.74) is 7.10. The lowest BCUT2D eigenvalue weighted by molar-refractivity contribution is 0.585. The quantitative estimate of drug-likeness (QED) is 0.597. The van der Waals surface area contributed by atoms with Crippen LogP contribution in [0, 0.1) is 5.92 Å². The van der Waals surface area contributed by atoms with Crippen LogP contribution in [0.1, 0.15) is 33.6 Å². The van der Waals surface area contributed by atoms with Crippen molar-refractivity contribution in [3.63, 3.8) is 0 Å². The van der Waals surface area contributed by atoms with E-state index in [-0.39, 0.29) is 0 Å². The average molecular weight is 141 g/mol. The van der Waals surface area contributed by atoms with Gasteiger partial charge in [0.1, 0.15) is 0 Å². The largest absolute Gasteiger partial charge is 0.330 e. The third-order valence-corrected chi connectivity index (χ3v) is 2.08. The molecule has 1 heteroatoms. The second-order valence-corrected chi connectivity index (χ2v) is 2.56. The summed E-state index contributed by atoms with van der Waals surface area (Å²) in [5.74, 6) is 0.620. The lowest BCUT2D eigenvalue weighted by atomic mass is 9.94. The van der Waals surface area contributed by atoms with E-state index >= 15 is 0 Å². The van der Waals surface area contributed by atoms with Crippen molar-refractivity contribution < 1.29 is 0 Å². The highest BCUT2D eigenvalue weighted by Gasteiger charge is 2.06. The highest BCUT2D eigenvalue weighted by Crippen LogP contribution is 2.16. The Hall–Kier alpha value is -0.300. The third kappa shape index (κ3) is 2.53. The van der Waals surface area contributed by atoms with Crippen LogP contribution in [0.4, 0.5) is 0 Å². The maximum absolute atomic E-state index is 5.59. The van der Waals surface area contributed by atoms with Gasteiger partial charge in [-0.1, -0.05) is 25.5 Å². The van der Waals surface area contributed by atoms with Gasteiger partial charge in [0.05, 0.1) is 0 Å². The molecule has 0 aliphatic rings. The van der Waals surface area contributed by atoms with E-state index in [0.29, 0.717) is 5.92 Å². The topological polar surface area (TPSA) is 26.0 Å². The molecule has 2 N–H and O–H groups in total. The molecule has 0 amide bonds. The molecular weight excluding hydrogens is 122 g/mol. The number of hydrogen-bond acceptors (Lipinski definition) is 1. The zero-order valence-corrected chi connectivity index (χ0v) is 7.35. The minimum absolute atomic E-state index is 0.620. The summed E-state index contributed by atoms with van der Waals surface area (Å²) in [6.45, 7) is 7.27. The fraction of sp³-hybridized carbons (Fsp3) is 0.778. The zero-order chi connectivity index (χ0) is 7.98. The monoisotopic (exact) mass is 141 g/mol. The summed E-state index contributed by atoms with van der Waals surface area (Å²) in [7, 11) is 0. The van der Waals surface area contributed by atoms with Crippen molar-refractivity contribution in [1.29, 1.82) is 0 Å². The Kier molecular flexibility index (Phi) is 5.32. The predicted molar refractivity (Wildman–Crippen MR) is 46.9 cm³/mol. The molecule has 1 unspecified atom stereocenters. The van der Waals surface area contributed by atoms with E-state index in [4.69, 9.17) is 5.73 Å². The molecule has 0 spiro atoms. The van der Waals surface area contributed by atoms with Gasteiger partial charge in [0, 0.05) is 0 Å². The first-order valence-corrected chi connectivity index (χ1v) is 4.15. The Labute approximate surface area is 64.3 Å². The van der Waals surface area contributed by atoms with Crippen LogP contribution in [0.2, 0.25) is 0 Å². The molecule has 0 aliphatic carbocycles. The Morgan fingerprint density at radius 1 is 1.50 bits per heavy atom. The molecule has 0 aromatic heterocycles. The molecule has 0 saturated carbocycles. The first kappa shape index (κ1) is 9.70. The highest BCUT2D eigenvalue weighted by atomic mass is 14.5. The number of allylic oxidation sites excluding steroid dienone is 1. The maximum atomic E-state index is 5.59. The van der Waals surface area contributed by atoms with Gasteiger partial charge in [-0.05, 0) is 32.2 Å². The smallest absolute Gasteiger partial charge is 0.00116 e. The Morgan fingerprint density at radius 3 is 2.20 bits per heavy atom. The van der Waals surface area contributed by atoms with Crippen LogP contribution < -0.4 is 5.73 Å². The molecule has 0 aromatic carbocycles. The molecule has 1 nitrogen and oxygen atoms in total. The van der Waals surface area contributed by atoms with E-state index < -0.39 is 0 Å². The molecule has 0 fully saturated rings. The van der Waals surface area contributed by atoms with E-state index in [1.165, 1.54) is 12.0 Å². The van der Waals surface area contributed by atoms with Gasteiger partial charge in [-0.3, -0.25) is 0 Å². The fourth-order valence-electron chi connectivity index (χ4n) is 1.31. The Bertz CT molecular complexity index is 101. The van der Waals surface area contributed by atoms with Gasteiger partial charge in [0.15, 0.2) is 0 Å². The van der Waals surface area contributed by atoms with Crippen molar-refractivity contribution in [2.75, 3.05) is 6.54 Å². The van der Waals surface area contributed by atoms with E-state index in [2.05, 4.69) is 26.8 Å². The van der Waals surface area contributed by atoms with Crippen molar-refractivity contribution >= 4 is 0 Å². The van der Waals surface area contributed by atoms with E-state index in [9.17, 15) is 0 Å². The van der Waals surface area contributed by atoms with Crippen LogP contribution in [-0.4, -0.2) is 6.54 Å². The second-order valence-electron chi connectivity index (χ2n) is 2.56. The summed E-state index contributed by atoms with van der Waals surface area (Å²) in [6, 6.07) is 0. The van der Waals surface area contributed by atoms with Crippen molar-refractivity contribution in [2.45, 2.75) is 33.6 Å². The first-order chi connectivity index (χ1) is 4.79. The molecule has 0 bridgehead atoms. The lowest BCUT2D eigenvalue weighted by Gasteiger charge is -2.14. The average Bonchev–Trinajstić information content (AvgIpc) is 2.00. The molecular formula is C9H19N. The second kappa shape index (κ2) is 5.48. The van der Waals surface area contributed by atoms with Gasteiger partial charge in [0.25, 0.3) is 0 Å². The van der Waals surface area contributed by atoms with E-state index in [1.54, 1.807) is 0 Å². The van der Waals surface area contributed by atoms with Crippen LogP contribution in [0.25, 0.3) is 0 Å². The minimum Gasteiger partial charge on any atom is -0.330 e. The SMILES string of the molecule is C/C=C(\CC)C(CC)CN. The highest BCUT2D eigenvalue weighted by molar-refractivity contribution is 5.04. The van der Waals surface area contributed by atoms with Gasteiger partial charge in [0.2, 0.25) is 0 Å². The predicted octanol–water partition coefficient (Wildman–Crippen LogP) is 2.33. The van der Waals surface area contributed by atoms with Crippen LogP contribution in [-0.2, 0) is 0 Å². The molecule has 0 saturated heterocycles. The van der Waals surface area contributed by atoms with Gasteiger partial charge in [-0.25, -0.2) is 0 Å². The van der Waals surface area contributed by atoms with Crippen LogP contribution in [0.15, 0.2) is 11.6 Å². The van der Waals surface area contributed by atoms with Crippen molar-refractivity contribution in [3.8, 4) is 0 Å². The summed E-state index contributed by atoms with van der Waals surface area (Å²) < 4.78 is 0. The zero-order valence-electron chi connectivity index (χ0n) is 7.35. The molecule has 60 valence electrons. The summed E-state index contributed by atoms with van der Waals surface area (Å²) >= 11 is 0. The van der Waals surface area contributed by atoms with E-state index in [0.717, 1.165) is 13.0 Å². The Balaban J connectivity index is 3.97. The lowest BCUT2D eigenvalue weighted by Crippen LogP contribution is -2.15. The standard InChI is InChI=1S/C9H19N/c1-4-8(5-2)9(6-3)7-10/h4,9H,5-7,10H2,1-3H3/b8-4+. The molecule has 0 aliphatic heterocycles. The van der Waals surface area contributed by atoms with Gasteiger partial charge >= 0.3 is 0 Å².